The highest BCUT2D eigenvalue weighted by Crippen LogP contribution is 2.38. The molecular weight excluding hydrogens is 262 g/mol. The molecule has 118 valence electrons. The van der Waals surface area contributed by atoms with Crippen LogP contribution >= 0.6 is 0 Å². The Morgan fingerprint density at radius 3 is 2.33 bits per heavy atom. The van der Waals surface area contributed by atoms with E-state index in [9.17, 15) is 0 Å². The van der Waals surface area contributed by atoms with E-state index in [1.807, 2.05) is 6.07 Å². The average Bonchev–Trinajstić information content (AvgIpc) is 3.27. The van der Waals surface area contributed by atoms with Gasteiger partial charge in [0.2, 0.25) is 0 Å². The summed E-state index contributed by atoms with van der Waals surface area (Å²) in [6.07, 6.45) is 3.54. The third kappa shape index (κ3) is 4.56. The fourth-order valence-electron chi connectivity index (χ4n) is 1.89. The molecule has 1 heterocycles. The Kier molecular flexibility index (Phi) is 5.04. The third-order valence-electron chi connectivity index (χ3n) is 4.15. The molecule has 2 rings (SSSR count). The van der Waals surface area contributed by atoms with Crippen LogP contribution in [0.2, 0.25) is 0 Å². The van der Waals surface area contributed by atoms with Crippen LogP contribution in [0.1, 0.15) is 51.8 Å². The molecule has 1 fully saturated rings. The van der Waals surface area contributed by atoms with Gasteiger partial charge in [0.1, 0.15) is 17.5 Å². The summed E-state index contributed by atoms with van der Waals surface area (Å²) in [7, 11) is 4.21. The molecule has 21 heavy (non-hydrogen) atoms. The maximum absolute atomic E-state index is 4.69. The SMILES string of the molecule is CCCNc1cc(NCC(C)(C)N(C)C)nc(C2CC2)n1. The molecule has 2 N–H and O–H groups in total. The van der Waals surface area contributed by atoms with E-state index in [0.29, 0.717) is 5.92 Å². The number of likely N-dealkylation sites (N-methyl/N-ethyl adjacent to an activating group) is 1. The highest BCUT2D eigenvalue weighted by Gasteiger charge is 2.27. The van der Waals surface area contributed by atoms with Gasteiger partial charge in [-0.3, -0.25) is 0 Å². The molecule has 0 aliphatic heterocycles. The van der Waals surface area contributed by atoms with Gasteiger partial charge in [-0.15, -0.1) is 0 Å². The molecule has 1 aromatic heterocycles. The second-order valence-electron chi connectivity index (χ2n) is 6.76. The summed E-state index contributed by atoms with van der Waals surface area (Å²) in [5.74, 6) is 3.43. The lowest BCUT2D eigenvalue weighted by Crippen LogP contribution is -2.44. The predicted octanol–water partition coefficient (Wildman–Crippen LogP) is 2.93. The fourth-order valence-corrected chi connectivity index (χ4v) is 1.89. The molecule has 0 spiro atoms. The lowest BCUT2D eigenvalue weighted by atomic mass is 10.0. The number of anilines is 2. The molecule has 0 aromatic carbocycles. The number of hydrogen-bond donors (Lipinski definition) is 2. The topological polar surface area (TPSA) is 53.1 Å². The van der Waals surface area contributed by atoms with Gasteiger partial charge in [0.15, 0.2) is 0 Å². The maximum atomic E-state index is 4.69. The van der Waals surface area contributed by atoms with Crippen molar-refractivity contribution in [2.45, 2.75) is 51.5 Å². The van der Waals surface area contributed by atoms with E-state index in [-0.39, 0.29) is 5.54 Å². The Morgan fingerprint density at radius 2 is 1.81 bits per heavy atom. The molecule has 5 nitrogen and oxygen atoms in total. The van der Waals surface area contributed by atoms with Crippen molar-refractivity contribution in [1.82, 2.24) is 14.9 Å². The number of nitrogens with one attached hydrogen (secondary N) is 2. The number of hydrogen-bond acceptors (Lipinski definition) is 5. The highest BCUT2D eigenvalue weighted by atomic mass is 15.2. The Bertz CT molecular complexity index is 466. The van der Waals surface area contributed by atoms with E-state index in [1.165, 1.54) is 12.8 Å². The Morgan fingerprint density at radius 1 is 1.19 bits per heavy atom. The number of nitrogens with zero attached hydrogens (tertiary/aromatic N) is 3. The first-order valence-electron chi connectivity index (χ1n) is 7.96. The highest BCUT2D eigenvalue weighted by molar-refractivity contribution is 5.48. The Hall–Kier alpha value is -1.36. The standard InChI is InChI=1S/C16H29N5/c1-6-9-17-13-10-14(18-11-16(2,3)21(4)5)20-15(19-13)12-7-8-12/h10,12H,6-9,11H2,1-5H3,(H2,17,18,19,20). The average molecular weight is 291 g/mol. The second-order valence-corrected chi connectivity index (χ2v) is 6.76. The summed E-state index contributed by atoms with van der Waals surface area (Å²) in [5, 5.41) is 6.85. The first kappa shape index (κ1) is 16.0. The zero-order valence-corrected chi connectivity index (χ0v) is 14.0. The quantitative estimate of drug-likeness (QED) is 0.771. The molecule has 0 saturated heterocycles. The van der Waals surface area contributed by atoms with E-state index in [4.69, 9.17) is 0 Å². The number of aromatic nitrogens is 2. The molecule has 0 bridgehead atoms. The first-order valence-corrected chi connectivity index (χ1v) is 7.96. The first-order chi connectivity index (χ1) is 9.92. The van der Waals surface area contributed by atoms with Gasteiger partial charge in [0.05, 0.1) is 0 Å². The van der Waals surface area contributed by atoms with E-state index in [2.05, 4.69) is 60.4 Å². The van der Waals surface area contributed by atoms with Gasteiger partial charge < -0.3 is 15.5 Å². The molecule has 0 amide bonds. The van der Waals surface area contributed by atoms with Gasteiger partial charge in [-0.05, 0) is 47.2 Å². The van der Waals surface area contributed by atoms with Crippen molar-refractivity contribution in [3.05, 3.63) is 11.9 Å². The molecular formula is C16H29N5. The molecule has 1 aromatic rings. The summed E-state index contributed by atoms with van der Waals surface area (Å²) < 4.78 is 0. The zero-order chi connectivity index (χ0) is 15.5. The van der Waals surface area contributed by atoms with Crippen LogP contribution in [-0.2, 0) is 0 Å². The van der Waals surface area contributed by atoms with Crippen molar-refractivity contribution < 1.29 is 0 Å². The van der Waals surface area contributed by atoms with Crippen LogP contribution in [0.4, 0.5) is 11.6 Å². The fraction of sp³-hybridized carbons (Fsp3) is 0.750. The van der Waals surface area contributed by atoms with E-state index >= 15 is 0 Å². The third-order valence-corrected chi connectivity index (χ3v) is 4.15. The van der Waals surface area contributed by atoms with Crippen LogP contribution in [0.15, 0.2) is 6.07 Å². The summed E-state index contributed by atoms with van der Waals surface area (Å²) in [4.78, 5) is 11.5. The van der Waals surface area contributed by atoms with Gasteiger partial charge in [0, 0.05) is 30.6 Å². The van der Waals surface area contributed by atoms with Crippen molar-refractivity contribution in [2.75, 3.05) is 37.8 Å². The van der Waals surface area contributed by atoms with E-state index in [0.717, 1.165) is 37.0 Å². The van der Waals surface area contributed by atoms with Crippen molar-refractivity contribution in [3.63, 3.8) is 0 Å². The second kappa shape index (κ2) is 6.60. The zero-order valence-electron chi connectivity index (χ0n) is 14.0. The van der Waals surface area contributed by atoms with Crippen molar-refractivity contribution in [2.24, 2.45) is 0 Å². The summed E-state index contributed by atoms with van der Waals surface area (Å²) >= 11 is 0. The van der Waals surface area contributed by atoms with Gasteiger partial charge in [0.25, 0.3) is 0 Å². The minimum atomic E-state index is 0.0850. The van der Waals surface area contributed by atoms with Gasteiger partial charge in [-0.1, -0.05) is 6.92 Å². The van der Waals surface area contributed by atoms with Crippen LogP contribution in [0.5, 0.6) is 0 Å². The summed E-state index contributed by atoms with van der Waals surface area (Å²) in [5.41, 5.74) is 0.0850. The summed E-state index contributed by atoms with van der Waals surface area (Å²) in [6.45, 7) is 8.41. The van der Waals surface area contributed by atoms with Gasteiger partial charge in [-0.25, -0.2) is 9.97 Å². The van der Waals surface area contributed by atoms with Gasteiger partial charge >= 0.3 is 0 Å². The van der Waals surface area contributed by atoms with Crippen molar-refractivity contribution in [1.29, 1.82) is 0 Å². The minimum absolute atomic E-state index is 0.0850. The molecule has 0 unspecified atom stereocenters. The van der Waals surface area contributed by atoms with Crippen molar-refractivity contribution in [3.8, 4) is 0 Å². The van der Waals surface area contributed by atoms with E-state index < -0.39 is 0 Å². The van der Waals surface area contributed by atoms with Crippen LogP contribution in [0.25, 0.3) is 0 Å². The van der Waals surface area contributed by atoms with Gasteiger partial charge in [-0.2, -0.15) is 0 Å². The van der Waals surface area contributed by atoms with Crippen LogP contribution < -0.4 is 10.6 Å². The largest absolute Gasteiger partial charge is 0.370 e. The Balaban J connectivity index is 2.08. The smallest absolute Gasteiger partial charge is 0.136 e. The molecule has 1 saturated carbocycles. The molecule has 1 aliphatic rings. The van der Waals surface area contributed by atoms with Crippen LogP contribution in [-0.4, -0.2) is 47.6 Å². The monoisotopic (exact) mass is 291 g/mol. The molecule has 5 heteroatoms. The van der Waals surface area contributed by atoms with E-state index in [1.54, 1.807) is 0 Å². The minimum Gasteiger partial charge on any atom is -0.370 e. The van der Waals surface area contributed by atoms with Crippen molar-refractivity contribution >= 4 is 11.6 Å². The summed E-state index contributed by atoms with van der Waals surface area (Å²) in [6, 6.07) is 2.02. The lowest BCUT2D eigenvalue weighted by molar-refractivity contribution is 0.210. The maximum Gasteiger partial charge on any atom is 0.136 e. The normalized spacial score (nSPS) is 15.3. The molecule has 0 atom stereocenters. The number of rotatable bonds is 8. The predicted molar refractivity (Wildman–Crippen MR) is 89.0 cm³/mol. The lowest BCUT2D eigenvalue weighted by Gasteiger charge is -2.32. The van der Waals surface area contributed by atoms with Crippen LogP contribution in [0.3, 0.4) is 0 Å². The Labute approximate surface area is 128 Å². The molecule has 1 aliphatic carbocycles. The molecule has 0 radical (unpaired) electrons. The van der Waals surface area contributed by atoms with Crippen LogP contribution in [0, 0.1) is 0 Å².